The molecular weight excluding hydrogens is 158 g/mol. The van der Waals surface area contributed by atoms with Crippen LogP contribution in [0.4, 0.5) is 0 Å². The Hall–Kier alpha value is -0.160. The molecule has 4 heteroatoms. The summed E-state index contributed by atoms with van der Waals surface area (Å²) in [5, 5.41) is 17.8. The molecule has 0 aliphatic carbocycles. The van der Waals surface area contributed by atoms with Crippen molar-refractivity contribution in [2.24, 2.45) is 5.73 Å². The first-order valence-corrected chi connectivity index (χ1v) is 4.19. The van der Waals surface area contributed by atoms with Gasteiger partial charge in [0, 0.05) is 0 Å². The standard InChI is InChI=1S/C8H19NO3/c1-5(11)6(2)12-7(3)8(9)4-10/h5-8,10-11H,4,9H2,1-3H3/t5-,6-,7?,8-/m0/s1. The molecule has 0 amide bonds. The van der Waals surface area contributed by atoms with Crippen LogP contribution in [-0.2, 0) is 4.74 Å². The molecule has 0 aromatic rings. The Kier molecular flexibility index (Phi) is 5.41. The summed E-state index contributed by atoms with van der Waals surface area (Å²) in [7, 11) is 0. The Bertz CT molecular complexity index is 119. The van der Waals surface area contributed by atoms with Crippen LogP contribution < -0.4 is 5.73 Å². The third-order valence-electron chi connectivity index (χ3n) is 1.92. The molecule has 0 aromatic heterocycles. The molecule has 12 heavy (non-hydrogen) atoms. The van der Waals surface area contributed by atoms with Gasteiger partial charge in [0.05, 0.1) is 31.0 Å². The zero-order chi connectivity index (χ0) is 9.72. The molecule has 4 nitrogen and oxygen atoms in total. The fourth-order valence-corrected chi connectivity index (χ4v) is 0.702. The van der Waals surface area contributed by atoms with Gasteiger partial charge in [0.25, 0.3) is 0 Å². The van der Waals surface area contributed by atoms with E-state index in [1.54, 1.807) is 20.8 Å². The normalized spacial score (nSPS) is 21.5. The van der Waals surface area contributed by atoms with Crippen LogP contribution in [0.2, 0.25) is 0 Å². The largest absolute Gasteiger partial charge is 0.395 e. The number of rotatable bonds is 5. The van der Waals surface area contributed by atoms with Gasteiger partial charge in [-0.3, -0.25) is 0 Å². The second-order valence-corrected chi connectivity index (χ2v) is 3.13. The molecule has 0 radical (unpaired) electrons. The van der Waals surface area contributed by atoms with E-state index in [1.165, 1.54) is 0 Å². The number of hydrogen-bond acceptors (Lipinski definition) is 4. The highest BCUT2D eigenvalue weighted by atomic mass is 16.5. The fourth-order valence-electron chi connectivity index (χ4n) is 0.702. The Morgan fingerprint density at radius 3 is 2.08 bits per heavy atom. The van der Waals surface area contributed by atoms with E-state index >= 15 is 0 Å². The van der Waals surface area contributed by atoms with Crippen molar-refractivity contribution in [2.75, 3.05) is 6.61 Å². The van der Waals surface area contributed by atoms with Crippen LogP contribution in [0.3, 0.4) is 0 Å². The van der Waals surface area contributed by atoms with Crippen LogP contribution in [-0.4, -0.2) is 41.2 Å². The van der Waals surface area contributed by atoms with E-state index in [0.717, 1.165) is 0 Å². The van der Waals surface area contributed by atoms with Crippen molar-refractivity contribution in [3.63, 3.8) is 0 Å². The first kappa shape index (κ1) is 11.8. The lowest BCUT2D eigenvalue weighted by molar-refractivity contribution is -0.0671. The van der Waals surface area contributed by atoms with E-state index in [2.05, 4.69) is 0 Å². The van der Waals surface area contributed by atoms with Crippen molar-refractivity contribution in [1.29, 1.82) is 0 Å². The van der Waals surface area contributed by atoms with Gasteiger partial charge < -0.3 is 20.7 Å². The summed E-state index contributed by atoms with van der Waals surface area (Å²) >= 11 is 0. The van der Waals surface area contributed by atoms with Gasteiger partial charge >= 0.3 is 0 Å². The highest BCUT2D eigenvalue weighted by Crippen LogP contribution is 2.04. The van der Waals surface area contributed by atoms with Gasteiger partial charge in [0.1, 0.15) is 0 Å². The average molecular weight is 177 g/mol. The van der Waals surface area contributed by atoms with Crippen LogP contribution in [0.1, 0.15) is 20.8 Å². The number of aliphatic hydroxyl groups excluding tert-OH is 2. The molecule has 0 saturated carbocycles. The molecule has 74 valence electrons. The van der Waals surface area contributed by atoms with Crippen molar-refractivity contribution in [2.45, 2.75) is 45.1 Å². The van der Waals surface area contributed by atoms with E-state index in [9.17, 15) is 0 Å². The molecule has 4 N–H and O–H groups in total. The summed E-state index contributed by atoms with van der Waals surface area (Å²) in [5.74, 6) is 0. The van der Waals surface area contributed by atoms with Crippen LogP contribution in [0, 0.1) is 0 Å². The molecule has 0 rings (SSSR count). The maximum atomic E-state index is 9.10. The Labute approximate surface area is 73.3 Å². The summed E-state index contributed by atoms with van der Waals surface area (Å²) in [6.45, 7) is 5.10. The highest BCUT2D eigenvalue weighted by Gasteiger charge is 2.17. The minimum absolute atomic E-state index is 0.103. The van der Waals surface area contributed by atoms with Crippen molar-refractivity contribution in [1.82, 2.24) is 0 Å². The van der Waals surface area contributed by atoms with Crippen LogP contribution in [0.5, 0.6) is 0 Å². The van der Waals surface area contributed by atoms with E-state index in [4.69, 9.17) is 20.7 Å². The third-order valence-corrected chi connectivity index (χ3v) is 1.92. The smallest absolute Gasteiger partial charge is 0.0807 e. The lowest BCUT2D eigenvalue weighted by atomic mass is 10.2. The third kappa shape index (κ3) is 4.01. The Balaban J connectivity index is 3.75. The van der Waals surface area contributed by atoms with E-state index in [0.29, 0.717) is 0 Å². The van der Waals surface area contributed by atoms with Gasteiger partial charge in [-0.2, -0.15) is 0 Å². The van der Waals surface area contributed by atoms with Gasteiger partial charge in [-0.1, -0.05) is 0 Å². The number of hydrogen-bond donors (Lipinski definition) is 3. The molecule has 1 unspecified atom stereocenters. The molecule has 0 heterocycles. The highest BCUT2D eigenvalue weighted by molar-refractivity contribution is 4.70. The first-order chi connectivity index (χ1) is 5.49. The molecule has 0 saturated heterocycles. The number of aliphatic hydroxyl groups is 2. The first-order valence-electron chi connectivity index (χ1n) is 4.19. The maximum absolute atomic E-state index is 9.10. The molecule has 0 bridgehead atoms. The fraction of sp³-hybridized carbons (Fsp3) is 1.00. The molecule has 0 fully saturated rings. The van der Waals surface area contributed by atoms with E-state index in [-0.39, 0.29) is 24.9 Å². The molecular formula is C8H19NO3. The predicted octanol–water partition coefficient (Wildman–Crippen LogP) is -0.520. The van der Waals surface area contributed by atoms with Gasteiger partial charge in [-0.05, 0) is 20.8 Å². The predicted molar refractivity (Wildman–Crippen MR) is 46.8 cm³/mol. The topological polar surface area (TPSA) is 75.7 Å². The van der Waals surface area contributed by atoms with Crippen LogP contribution >= 0.6 is 0 Å². The Morgan fingerprint density at radius 2 is 1.75 bits per heavy atom. The zero-order valence-electron chi connectivity index (χ0n) is 7.90. The van der Waals surface area contributed by atoms with Crippen molar-refractivity contribution in [3.05, 3.63) is 0 Å². The van der Waals surface area contributed by atoms with Gasteiger partial charge in [-0.15, -0.1) is 0 Å². The minimum atomic E-state index is -0.515. The summed E-state index contributed by atoms with van der Waals surface area (Å²) in [5.41, 5.74) is 5.51. The molecule has 0 spiro atoms. The van der Waals surface area contributed by atoms with Gasteiger partial charge in [0.15, 0.2) is 0 Å². The summed E-state index contributed by atoms with van der Waals surface area (Å²) in [4.78, 5) is 0. The summed E-state index contributed by atoms with van der Waals surface area (Å²) in [6.07, 6.45) is -1.00. The molecule has 0 aliphatic rings. The SMILES string of the molecule is CC(O[C@@H](C)[C@H](C)O)[C@@H](N)CO. The lowest BCUT2D eigenvalue weighted by Crippen LogP contribution is -2.41. The zero-order valence-corrected chi connectivity index (χ0v) is 7.90. The van der Waals surface area contributed by atoms with Crippen LogP contribution in [0.15, 0.2) is 0 Å². The Morgan fingerprint density at radius 1 is 1.25 bits per heavy atom. The van der Waals surface area contributed by atoms with Gasteiger partial charge in [0.2, 0.25) is 0 Å². The van der Waals surface area contributed by atoms with Crippen molar-refractivity contribution < 1.29 is 14.9 Å². The number of ether oxygens (including phenoxy) is 1. The second-order valence-electron chi connectivity index (χ2n) is 3.13. The maximum Gasteiger partial charge on any atom is 0.0807 e. The van der Waals surface area contributed by atoms with Crippen molar-refractivity contribution in [3.8, 4) is 0 Å². The second kappa shape index (κ2) is 5.48. The molecule has 0 aliphatic heterocycles. The molecule has 4 atom stereocenters. The summed E-state index contributed by atoms with van der Waals surface area (Å²) < 4.78 is 5.33. The lowest BCUT2D eigenvalue weighted by Gasteiger charge is -2.24. The van der Waals surface area contributed by atoms with Gasteiger partial charge in [-0.25, -0.2) is 0 Å². The van der Waals surface area contributed by atoms with E-state index < -0.39 is 6.10 Å². The molecule has 0 aromatic carbocycles. The van der Waals surface area contributed by atoms with Crippen molar-refractivity contribution >= 4 is 0 Å². The van der Waals surface area contributed by atoms with Crippen LogP contribution in [0.25, 0.3) is 0 Å². The van der Waals surface area contributed by atoms with E-state index in [1.807, 2.05) is 0 Å². The number of nitrogens with two attached hydrogens (primary N) is 1. The minimum Gasteiger partial charge on any atom is -0.395 e. The summed E-state index contributed by atoms with van der Waals surface area (Å²) in [6, 6.07) is -0.383. The average Bonchev–Trinajstić information content (AvgIpc) is 2.02. The quantitative estimate of drug-likeness (QED) is 0.528. The monoisotopic (exact) mass is 177 g/mol.